The number of nitrogens with zero attached hydrogens (tertiary/aromatic N) is 3. The molecule has 3 aromatic heterocycles. The smallest absolute Gasteiger partial charge is 0.336 e. The van der Waals surface area contributed by atoms with Crippen LogP contribution in [0.4, 0.5) is 0 Å². The van der Waals surface area contributed by atoms with Crippen LogP contribution in [0, 0.1) is 13.8 Å². The lowest BCUT2D eigenvalue weighted by molar-refractivity contribution is 0.419. The molecule has 4 rings (SSSR count). The molecule has 6 nitrogen and oxygen atoms in total. The summed E-state index contributed by atoms with van der Waals surface area (Å²) in [6, 6.07) is 5.61. The molecule has 0 N–H and O–H groups in total. The molecular formula is C21H21N3O3S2. The van der Waals surface area contributed by atoms with E-state index in [4.69, 9.17) is 8.83 Å². The van der Waals surface area contributed by atoms with E-state index in [2.05, 4.69) is 35.1 Å². The van der Waals surface area contributed by atoms with Gasteiger partial charge in [-0.15, -0.1) is 21.5 Å². The Hall–Kier alpha value is -2.45. The summed E-state index contributed by atoms with van der Waals surface area (Å²) in [6.07, 6.45) is 0.521. The molecule has 0 spiro atoms. The van der Waals surface area contributed by atoms with E-state index in [1.165, 1.54) is 17.3 Å². The van der Waals surface area contributed by atoms with E-state index < -0.39 is 0 Å². The Morgan fingerprint density at radius 3 is 2.69 bits per heavy atom. The lowest BCUT2D eigenvalue weighted by atomic mass is 9.95. The second-order valence-corrected chi connectivity index (χ2v) is 9.22. The largest absolute Gasteiger partial charge is 0.423 e. The third-order valence-corrected chi connectivity index (χ3v) is 6.33. The lowest BCUT2D eigenvalue weighted by Gasteiger charge is -2.12. The highest BCUT2D eigenvalue weighted by Crippen LogP contribution is 2.30. The summed E-state index contributed by atoms with van der Waals surface area (Å²) >= 11 is 3.01. The van der Waals surface area contributed by atoms with Crippen molar-refractivity contribution >= 4 is 34.1 Å². The van der Waals surface area contributed by atoms with Crippen molar-refractivity contribution in [2.75, 3.05) is 0 Å². The minimum atomic E-state index is -0.352. The van der Waals surface area contributed by atoms with Crippen molar-refractivity contribution in [3.8, 4) is 0 Å². The van der Waals surface area contributed by atoms with E-state index in [1.54, 1.807) is 17.4 Å². The minimum absolute atomic E-state index is 0.352. The number of aromatic nitrogens is 3. The van der Waals surface area contributed by atoms with E-state index in [9.17, 15) is 4.79 Å². The molecule has 0 unspecified atom stereocenters. The van der Waals surface area contributed by atoms with E-state index in [1.807, 2.05) is 25.3 Å². The van der Waals surface area contributed by atoms with Gasteiger partial charge in [-0.2, -0.15) is 0 Å². The Labute approximate surface area is 176 Å². The van der Waals surface area contributed by atoms with Gasteiger partial charge in [0.25, 0.3) is 5.22 Å². The molecule has 0 atom stereocenters. The van der Waals surface area contributed by atoms with Crippen LogP contribution in [0.2, 0.25) is 0 Å². The highest BCUT2D eigenvalue weighted by atomic mass is 32.2. The van der Waals surface area contributed by atoms with Gasteiger partial charge in [0.1, 0.15) is 5.58 Å². The molecule has 0 saturated carbocycles. The molecule has 4 aromatic rings. The van der Waals surface area contributed by atoms with Gasteiger partial charge >= 0.3 is 5.63 Å². The average molecular weight is 428 g/mol. The average Bonchev–Trinajstić information content (AvgIpc) is 3.27. The van der Waals surface area contributed by atoms with E-state index >= 15 is 0 Å². The molecule has 0 saturated heterocycles. The molecule has 3 heterocycles. The Morgan fingerprint density at radius 1 is 1.14 bits per heavy atom. The van der Waals surface area contributed by atoms with Crippen LogP contribution in [0.25, 0.3) is 11.0 Å². The first-order valence-electron chi connectivity index (χ1n) is 9.32. The van der Waals surface area contributed by atoms with Crippen LogP contribution in [0.15, 0.2) is 42.4 Å². The second-order valence-electron chi connectivity index (χ2n) is 7.24. The molecule has 0 bridgehead atoms. The summed E-state index contributed by atoms with van der Waals surface area (Å²) in [5, 5.41) is 12.7. The van der Waals surface area contributed by atoms with Crippen LogP contribution < -0.4 is 5.63 Å². The highest BCUT2D eigenvalue weighted by molar-refractivity contribution is 7.98. The number of hydrogen-bond acceptors (Lipinski definition) is 8. The van der Waals surface area contributed by atoms with Crippen LogP contribution in [0.1, 0.15) is 53.0 Å². The first-order chi connectivity index (χ1) is 13.9. The zero-order chi connectivity index (χ0) is 20.5. The zero-order valence-corrected chi connectivity index (χ0v) is 18.3. The van der Waals surface area contributed by atoms with Crippen LogP contribution in [0.3, 0.4) is 0 Å². The number of fused-ring (bicyclic) bond motifs is 1. The van der Waals surface area contributed by atoms with Crippen molar-refractivity contribution in [1.82, 2.24) is 15.2 Å². The number of thioether (sulfide) groups is 1. The molecule has 8 heteroatoms. The second kappa shape index (κ2) is 8.12. The Morgan fingerprint density at radius 2 is 1.97 bits per heavy atom. The fourth-order valence-electron chi connectivity index (χ4n) is 3.28. The third-order valence-electron chi connectivity index (χ3n) is 4.64. The highest BCUT2D eigenvalue weighted by Gasteiger charge is 2.14. The van der Waals surface area contributed by atoms with Crippen LogP contribution in [-0.4, -0.2) is 15.2 Å². The monoisotopic (exact) mass is 427 g/mol. The Balaban J connectivity index is 1.56. The van der Waals surface area contributed by atoms with E-state index in [-0.39, 0.29) is 5.63 Å². The van der Waals surface area contributed by atoms with Gasteiger partial charge in [-0.1, -0.05) is 25.6 Å². The van der Waals surface area contributed by atoms with Gasteiger partial charge in [-0.05, 0) is 48.6 Å². The van der Waals surface area contributed by atoms with Crippen LogP contribution in [-0.2, 0) is 12.2 Å². The summed E-state index contributed by atoms with van der Waals surface area (Å²) in [4.78, 5) is 16.4. The van der Waals surface area contributed by atoms with Crippen molar-refractivity contribution in [3.05, 3.63) is 67.3 Å². The van der Waals surface area contributed by atoms with Crippen molar-refractivity contribution < 1.29 is 8.83 Å². The molecule has 0 aliphatic rings. The topological polar surface area (TPSA) is 82.0 Å². The predicted octanol–water partition coefficient (Wildman–Crippen LogP) is 5.26. The van der Waals surface area contributed by atoms with Crippen molar-refractivity contribution in [2.24, 2.45) is 0 Å². The predicted molar refractivity (Wildman–Crippen MR) is 115 cm³/mol. The normalized spacial score (nSPS) is 11.6. The minimum Gasteiger partial charge on any atom is -0.423 e. The summed E-state index contributed by atoms with van der Waals surface area (Å²) in [7, 11) is 0. The fourth-order valence-corrected chi connectivity index (χ4v) is 4.67. The summed E-state index contributed by atoms with van der Waals surface area (Å²) in [5.41, 5.74) is 4.46. The quantitative estimate of drug-likeness (QED) is 0.307. The molecule has 1 aromatic carbocycles. The van der Waals surface area contributed by atoms with Crippen molar-refractivity contribution in [3.63, 3.8) is 0 Å². The molecule has 0 fully saturated rings. The third kappa shape index (κ3) is 4.43. The summed E-state index contributed by atoms with van der Waals surface area (Å²) in [6.45, 7) is 8.33. The first-order valence-corrected chi connectivity index (χ1v) is 11.2. The van der Waals surface area contributed by atoms with Crippen molar-refractivity contribution in [2.45, 2.75) is 51.0 Å². The van der Waals surface area contributed by atoms with Gasteiger partial charge < -0.3 is 8.83 Å². The van der Waals surface area contributed by atoms with Gasteiger partial charge in [0.2, 0.25) is 5.89 Å². The van der Waals surface area contributed by atoms with Gasteiger partial charge in [0.05, 0.1) is 17.1 Å². The Kier molecular flexibility index (Phi) is 5.56. The van der Waals surface area contributed by atoms with Gasteiger partial charge in [0.15, 0.2) is 0 Å². The maximum atomic E-state index is 12.0. The van der Waals surface area contributed by atoms with Crippen molar-refractivity contribution in [1.29, 1.82) is 0 Å². The summed E-state index contributed by atoms with van der Waals surface area (Å²) in [5.74, 6) is 1.47. The fraction of sp³-hybridized carbons (Fsp3) is 0.333. The molecular weight excluding hydrogens is 406 g/mol. The molecule has 150 valence electrons. The van der Waals surface area contributed by atoms with Crippen LogP contribution >= 0.6 is 23.1 Å². The zero-order valence-electron chi connectivity index (χ0n) is 16.7. The molecule has 0 amide bonds. The SMILES string of the molecule is Cc1nc(Cc2nnc(SCc3cc(=O)oc4cc(C)c(C(C)C)cc34)o2)cs1. The number of benzene rings is 1. The number of rotatable bonds is 6. The van der Waals surface area contributed by atoms with Gasteiger partial charge in [-0.25, -0.2) is 9.78 Å². The Bertz CT molecular complexity index is 1220. The molecule has 29 heavy (non-hydrogen) atoms. The molecule has 0 aliphatic heterocycles. The lowest BCUT2D eigenvalue weighted by Crippen LogP contribution is -2.02. The van der Waals surface area contributed by atoms with Gasteiger partial charge in [-0.3, -0.25) is 0 Å². The molecule has 0 aliphatic carbocycles. The van der Waals surface area contributed by atoms with E-state index in [0.717, 1.165) is 27.2 Å². The molecule has 0 radical (unpaired) electrons. The van der Waals surface area contributed by atoms with E-state index in [0.29, 0.717) is 34.8 Å². The summed E-state index contributed by atoms with van der Waals surface area (Å²) < 4.78 is 11.2. The maximum Gasteiger partial charge on any atom is 0.336 e. The first kappa shape index (κ1) is 19.8. The maximum absolute atomic E-state index is 12.0. The number of aryl methyl sites for hydroxylation is 2. The van der Waals surface area contributed by atoms with Gasteiger partial charge in [0, 0.05) is 22.6 Å². The standard InChI is InChI=1S/C21H21N3O3S2/c1-11(2)16-8-17-14(6-20(25)26-18(17)5-12(16)3)9-29-21-24-23-19(27-21)7-15-10-28-13(4)22-15/h5-6,8,10-11H,7,9H2,1-4H3. The van der Waals surface area contributed by atoms with Crippen LogP contribution in [0.5, 0.6) is 0 Å². The number of hydrogen-bond donors (Lipinski definition) is 0. The number of thiazole rings is 1.